The van der Waals surface area contributed by atoms with Crippen LogP contribution in [-0.2, 0) is 19.1 Å². The van der Waals surface area contributed by atoms with E-state index in [9.17, 15) is 14.0 Å². The van der Waals surface area contributed by atoms with Crippen LogP contribution in [0.25, 0.3) is 6.08 Å². The van der Waals surface area contributed by atoms with Gasteiger partial charge in [0, 0.05) is 11.8 Å². The topological polar surface area (TPSA) is 65.5 Å². The second kappa shape index (κ2) is 6.97. The Balaban J connectivity index is 2.96. The number of rotatable bonds is 4. The molecular formula is C15H18FNO4. The maximum Gasteiger partial charge on any atom is 0.334 e. The van der Waals surface area contributed by atoms with E-state index in [1.54, 1.807) is 20.8 Å². The van der Waals surface area contributed by atoms with Crippen molar-refractivity contribution in [3.63, 3.8) is 0 Å². The van der Waals surface area contributed by atoms with Gasteiger partial charge >= 0.3 is 11.9 Å². The predicted octanol–water partition coefficient (Wildman–Crippen LogP) is 2.51. The summed E-state index contributed by atoms with van der Waals surface area (Å²) < 4.78 is 22.8. The zero-order valence-corrected chi connectivity index (χ0v) is 12.5. The number of carbonyl (C=O) groups excluding carboxylic acids is 2. The first-order chi connectivity index (χ1) is 9.71. The quantitative estimate of drug-likeness (QED) is 0.631. The molecule has 114 valence electrons. The van der Waals surface area contributed by atoms with Gasteiger partial charge in [0.25, 0.3) is 0 Å². The van der Waals surface area contributed by atoms with E-state index in [2.05, 4.69) is 9.72 Å². The molecular weight excluding hydrogens is 277 g/mol. The fourth-order valence-corrected chi connectivity index (χ4v) is 1.55. The first kappa shape index (κ1) is 16.8. The molecule has 1 aromatic rings. The fraction of sp³-hybridized carbons (Fsp3) is 0.400. The highest BCUT2D eigenvalue weighted by molar-refractivity contribution is 5.98. The maximum absolute atomic E-state index is 13.1. The number of halogens is 1. The molecule has 6 heteroatoms. The summed E-state index contributed by atoms with van der Waals surface area (Å²) >= 11 is 0. The second-order valence-corrected chi connectivity index (χ2v) is 5.36. The van der Waals surface area contributed by atoms with Crippen molar-refractivity contribution >= 4 is 18.0 Å². The molecule has 0 N–H and O–H groups in total. The van der Waals surface area contributed by atoms with Crippen molar-refractivity contribution in [1.29, 1.82) is 0 Å². The molecule has 1 aromatic heterocycles. The van der Waals surface area contributed by atoms with Gasteiger partial charge in [0.05, 0.1) is 19.7 Å². The summed E-state index contributed by atoms with van der Waals surface area (Å²) in [4.78, 5) is 27.1. The first-order valence-electron chi connectivity index (χ1n) is 6.32. The van der Waals surface area contributed by atoms with Crippen molar-refractivity contribution in [3.05, 3.63) is 35.4 Å². The van der Waals surface area contributed by atoms with E-state index in [0.717, 1.165) is 6.20 Å². The van der Waals surface area contributed by atoms with Gasteiger partial charge in [-0.1, -0.05) is 0 Å². The van der Waals surface area contributed by atoms with Gasteiger partial charge in [0.15, 0.2) is 0 Å². The fourth-order valence-electron chi connectivity index (χ4n) is 1.55. The monoisotopic (exact) mass is 295 g/mol. The summed E-state index contributed by atoms with van der Waals surface area (Å²) in [5, 5.41) is 0. The molecule has 0 aliphatic carbocycles. The van der Waals surface area contributed by atoms with Gasteiger partial charge in [-0.15, -0.1) is 0 Å². The third-order valence-corrected chi connectivity index (χ3v) is 2.27. The van der Waals surface area contributed by atoms with Gasteiger partial charge in [-0.05, 0) is 38.5 Å². The van der Waals surface area contributed by atoms with Crippen molar-refractivity contribution in [2.45, 2.75) is 32.8 Å². The van der Waals surface area contributed by atoms with E-state index in [1.807, 2.05) is 0 Å². The smallest absolute Gasteiger partial charge is 0.334 e. The molecule has 5 nitrogen and oxygen atoms in total. The molecule has 0 aliphatic heterocycles. The summed E-state index contributed by atoms with van der Waals surface area (Å²) in [6, 6.07) is 1.20. The van der Waals surface area contributed by atoms with E-state index < -0.39 is 23.4 Å². The number of aromatic nitrogens is 1. The van der Waals surface area contributed by atoms with Crippen LogP contribution in [0.15, 0.2) is 24.0 Å². The second-order valence-electron chi connectivity index (χ2n) is 5.36. The average molecular weight is 295 g/mol. The molecule has 0 spiro atoms. The Morgan fingerprint density at radius 1 is 1.33 bits per heavy atom. The van der Waals surface area contributed by atoms with Crippen LogP contribution in [-0.4, -0.2) is 29.6 Å². The Kier molecular flexibility index (Phi) is 5.58. The molecule has 0 aliphatic rings. The molecule has 21 heavy (non-hydrogen) atoms. The standard InChI is InChI=1S/C15H18FNO4/c1-15(2,3)21-13(18)7-11(14(19)20-4)5-10-6-12(16)9-17-8-10/h5-6,8-9H,7H2,1-4H3/b11-5+. The molecule has 0 amide bonds. The lowest BCUT2D eigenvalue weighted by Gasteiger charge is -2.19. The summed E-state index contributed by atoms with van der Waals surface area (Å²) in [6.45, 7) is 5.18. The highest BCUT2D eigenvalue weighted by Gasteiger charge is 2.20. The Morgan fingerprint density at radius 2 is 2.00 bits per heavy atom. The van der Waals surface area contributed by atoms with Crippen molar-refractivity contribution < 1.29 is 23.5 Å². The van der Waals surface area contributed by atoms with Crippen molar-refractivity contribution in [1.82, 2.24) is 4.98 Å². The SMILES string of the molecule is COC(=O)/C(=C/c1cncc(F)c1)CC(=O)OC(C)(C)C. The number of nitrogens with zero attached hydrogens (tertiary/aromatic N) is 1. The zero-order chi connectivity index (χ0) is 16.0. The van der Waals surface area contributed by atoms with Crippen LogP contribution in [0.4, 0.5) is 4.39 Å². The normalized spacial score (nSPS) is 12.0. The number of ether oxygens (including phenoxy) is 2. The van der Waals surface area contributed by atoms with Crippen LogP contribution in [0.2, 0.25) is 0 Å². The molecule has 0 saturated heterocycles. The number of pyridine rings is 1. The van der Waals surface area contributed by atoms with Crippen molar-refractivity contribution in [2.24, 2.45) is 0 Å². The van der Waals surface area contributed by atoms with E-state index >= 15 is 0 Å². The Hall–Kier alpha value is -2.24. The molecule has 0 aromatic carbocycles. The van der Waals surface area contributed by atoms with E-state index in [-0.39, 0.29) is 12.0 Å². The van der Waals surface area contributed by atoms with Crippen LogP contribution >= 0.6 is 0 Å². The average Bonchev–Trinajstić information content (AvgIpc) is 2.34. The minimum Gasteiger partial charge on any atom is -0.466 e. The number of methoxy groups -OCH3 is 1. The van der Waals surface area contributed by atoms with Gasteiger partial charge in [-0.25, -0.2) is 9.18 Å². The third-order valence-electron chi connectivity index (χ3n) is 2.27. The minimum absolute atomic E-state index is 0.0687. The summed E-state index contributed by atoms with van der Waals surface area (Å²) in [6.07, 6.45) is 3.51. The Labute approximate surface area is 122 Å². The highest BCUT2D eigenvalue weighted by Crippen LogP contribution is 2.15. The molecule has 0 bridgehead atoms. The zero-order valence-electron chi connectivity index (χ0n) is 12.5. The van der Waals surface area contributed by atoms with Crippen LogP contribution in [0.3, 0.4) is 0 Å². The molecule has 0 fully saturated rings. The largest absolute Gasteiger partial charge is 0.466 e. The lowest BCUT2D eigenvalue weighted by atomic mass is 10.1. The van der Waals surface area contributed by atoms with E-state index in [4.69, 9.17) is 4.74 Å². The number of hydrogen-bond acceptors (Lipinski definition) is 5. The first-order valence-corrected chi connectivity index (χ1v) is 6.32. The van der Waals surface area contributed by atoms with E-state index in [0.29, 0.717) is 5.56 Å². The molecule has 1 rings (SSSR count). The van der Waals surface area contributed by atoms with Gasteiger partial charge in [0.2, 0.25) is 0 Å². The maximum atomic E-state index is 13.1. The van der Waals surface area contributed by atoms with E-state index in [1.165, 1.54) is 25.4 Å². The lowest BCUT2D eigenvalue weighted by molar-refractivity contribution is -0.155. The highest BCUT2D eigenvalue weighted by atomic mass is 19.1. The van der Waals surface area contributed by atoms with Crippen LogP contribution in [0, 0.1) is 5.82 Å². The summed E-state index contributed by atoms with van der Waals surface area (Å²) in [5.74, 6) is -1.78. The van der Waals surface area contributed by atoms with Crippen molar-refractivity contribution in [3.8, 4) is 0 Å². The minimum atomic E-state index is -0.676. The molecule has 1 heterocycles. The van der Waals surface area contributed by atoms with Crippen LogP contribution in [0.5, 0.6) is 0 Å². The number of hydrogen-bond donors (Lipinski definition) is 0. The Bertz CT molecular complexity index is 561. The van der Waals surface area contributed by atoms with Crippen LogP contribution in [0.1, 0.15) is 32.8 Å². The molecule has 0 radical (unpaired) electrons. The molecule has 0 saturated carbocycles. The molecule has 0 unspecified atom stereocenters. The van der Waals surface area contributed by atoms with Crippen LogP contribution < -0.4 is 0 Å². The third kappa shape index (κ3) is 6.16. The number of carbonyl (C=O) groups is 2. The predicted molar refractivity (Wildman–Crippen MR) is 74.7 cm³/mol. The van der Waals surface area contributed by atoms with Crippen molar-refractivity contribution in [2.75, 3.05) is 7.11 Å². The lowest BCUT2D eigenvalue weighted by Crippen LogP contribution is -2.24. The Morgan fingerprint density at radius 3 is 2.52 bits per heavy atom. The summed E-state index contributed by atoms with van der Waals surface area (Å²) in [5.41, 5.74) is -0.225. The molecule has 0 atom stereocenters. The summed E-state index contributed by atoms with van der Waals surface area (Å²) in [7, 11) is 1.20. The van der Waals surface area contributed by atoms with Gasteiger partial charge in [-0.3, -0.25) is 9.78 Å². The van der Waals surface area contributed by atoms with Gasteiger partial charge < -0.3 is 9.47 Å². The number of esters is 2. The van der Waals surface area contributed by atoms with Gasteiger partial charge in [0.1, 0.15) is 11.4 Å². The van der Waals surface area contributed by atoms with Gasteiger partial charge in [-0.2, -0.15) is 0 Å².